The number of carboxylic acids is 3. The number of carbonyl (C=O) groups excluding carboxylic acids is 10. The molecule has 0 spiro atoms. The summed E-state index contributed by atoms with van der Waals surface area (Å²) in [6, 6.07) is 4.35. The zero-order chi connectivity index (χ0) is 71.6. The van der Waals surface area contributed by atoms with Gasteiger partial charge in [-0.05, 0) is 92.8 Å². The zero-order valence-electron chi connectivity index (χ0n) is 53.7. The fourth-order valence-electron chi connectivity index (χ4n) is 10.6. The van der Waals surface area contributed by atoms with E-state index in [-0.39, 0.29) is 76.0 Å². The lowest BCUT2D eigenvalue weighted by Gasteiger charge is -2.31. The Balaban J connectivity index is 1.42. The second-order valence-corrected chi connectivity index (χ2v) is 24.6. The van der Waals surface area contributed by atoms with E-state index in [4.69, 9.17) is 16.6 Å². The number of carbonyl (C=O) groups is 13. The van der Waals surface area contributed by atoms with Crippen LogP contribution >= 0.6 is 25.3 Å². The van der Waals surface area contributed by atoms with Gasteiger partial charge >= 0.3 is 17.9 Å². The summed E-state index contributed by atoms with van der Waals surface area (Å²) in [4.78, 5) is 181. The third kappa shape index (κ3) is 24.1. The van der Waals surface area contributed by atoms with Crippen LogP contribution in [0, 0.1) is 5.92 Å². The number of nitrogens with zero attached hydrogens (tertiary/aromatic N) is 1. The molecule has 4 aromatic rings. The summed E-state index contributed by atoms with van der Waals surface area (Å²) in [5, 5.41) is 72.7. The Bertz CT molecular complexity index is 3420. The minimum atomic E-state index is -1.90. The molecule has 0 bridgehead atoms. The monoisotopic (exact) mass is 1390 g/mol. The number of H-pyrrole nitrogens is 1. The maximum Gasteiger partial charge on any atom is 0.326 e. The molecule has 3 aromatic carbocycles. The molecule has 12 atom stereocenters. The number of aliphatic hydroxyl groups excluding tert-OH is 1. The van der Waals surface area contributed by atoms with E-state index < -0.39 is 174 Å². The molecule has 0 aliphatic carbocycles. The number of unbranched alkanes of at least 4 members (excludes halogenated alkanes) is 1. The summed E-state index contributed by atoms with van der Waals surface area (Å²) in [7, 11) is 0. The number of aliphatic hydroxyl groups is 1. The smallest absolute Gasteiger partial charge is 0.326 e. The number of aromatic nitrogens is 1. The van der Waals surface area contributed by atoms with Gasteiger partial charge < -0.3 is 94.7 Å². The summed E-state index contributed by atoms with van der Waals surface area (Å²) in [6.07, 6.45) is -1.67. The molecule has 1 saturated heterocycles. The number of fused-ring (bicyclic) bond motifs is 1. The van der Waals surface area contributed by atoms with Crippen molar-refractivity contribution < 1.29 is 87.9 Å². The normalized spacial score (nSPS) is 16.2. The molecule has 528 valence electrons. The summed E-state index contributed by atoms with van der Waals surface area (Å²) in [6.45, 7) is 4.44. The Morgan fingerprint density at radius 1 is 0.567 bits per heavy atom. The standard InChI is InChI=1S/C64H87N13O18S2/c1-33(2)52(64(94)95)75-61(91)48(32-97)74-57(87)44(27-36-18-20-38(79)21-19-36)69-55(85)42(16-9-10-24-65)68-58(88)45(28-37-30-67-41-15-8-7-14-39(37)41)71-56(86)43(26-35-12-5-4-6-13-35)70-60(90)47(31-96)73-59(89)46(29-51(82)83)72-62(92)49-17-11-25-77(49)63(93)53(34(3)78)76-54(84)40(66)22-23-50(80)81/h4-8,12-15,18-21,30,33-34,40,42-49,52-53,67,78-79,96-97H,9-11,16-17,22-29,31-32,65-66H2,1-3H3,(H,68,88)(H,69,85)(H,70,90)(H,71,86)(H,72,92)(H,73,89)(H,74,87)(H,75,91)(H,76,84)(H,80,81)(H,82,83)(H,94,95)/t34-,40+,42+,43+,44+,45-,46+,47+,48+,49-,52+,53+/m1/s1. The van der Waals surface area contributed by atoms with Gasteiger partial charge in [-0.25, -0.2) is 4.79 Å². The first-order valence-corrected chi connectivity index (χ1v) is 32.7. The van der Waals surface area contributed by atoms with Crippen LogP contribution in [0.25, 0.3) is 10.9 Å². The van der Waals surface area contributed by atoms with E-state index in [9.17, 15) is 78.0 Å². The van der Waals surface area contributed by atoms with Crippen molar-refractivity contribution in [1.82, 2.24) is 57.7 Å². The molecule has 2 heterocycles. The number of amides is 10. The average Bonchev–Trinajstić information content (AvgIpc) is 1.78. The van der Waals surface area contributed by atoms with Crippen molar-refractivity contribution >= 4 is 113 Å². The first-order chi connectivity index (χ1) is 46.0. The van der Waals surface area contributed by atoms with Gasteiger partial charge in [0.05, 0.1) is 18.6 Å². The highest BCUT2D eigenvalue weighted by molar-refractivity contribution is 7.80. The largest absolute Gasteiger partial charge is 0.508 e. The van der Waals surface area contributed by atoms with Crippen molar-refractivity contribution in [1.29, 1.82) is 0 Å². The molecule has 0 unspecified atom stereocenters. The first-order valence-electron chi connectivity index (χ1n) is 31.5. The van der Waals surface area contributed by atoms with E-state index in [1.54, 1.807) is 74.6 Å². The Hall–Kier alpha value is -9.31. The van der Waals surface area contributed by atoms with E-state index in [0.29, 0.717) is 34.0 Å². The highest BCUT2D eigenvalue weighted by atomic mass is 32.1. The third-order valence-electron chi connectivity index (χ3n) is 16.0. The lowest BCUT2D eigenvalue weighted by Crippen LogP contribution is -2.62. The van der Waals surface area contributed by atoms with Crippen LogP contribution in [0.4, 0.5) is 0 Å². The Morgan fingerprint density at radius 2 is 1.06 bits per heavy atom. The second kappa shape index (κ2) is 38.4. The number of phenolic OH excluding ortho intramolecular Hbond substituents is 1. The number of aromatic hydroxyl groups is 1. The van der Waals surface area contributed by atoms with Crippen LogP contribution in [0.1, 0.15) is 88.8 Å². The molecular formula is C64H87N13O18S2. The van der Waals surface area contributed by atoms with E-state index in [1.807, 2.05) is 0 Å². The van der Waals surface area contributed by atoms with E-state index in [0.717, 1.165) is 4.90 Å². The van der Waals surface area contributed by atoms with Crippen LogP contribution in [0.5, 0.6) is 5.75 Å². The van der Waals surface area contributed by atoms with E-state index in [1.165, 1.54) is 31.2 Å². The molecule has 33 heteroatoms. The number of para-hydroxylation sites is 1. The molecule has 0 radical (unpaired) electrons. The molecule has 1 aromatic heterocycles. The molecule has 31 nitrogen and oxygen atoms in total. The summed E-state index contributed by atoms with van der Waals surface area (Å²) < 4.78 is 0. The van der Waals surface area contributed by atoms with Crippen LogP contribution in [-0.2, 0) is 81.6 Å². The van der Waals surface area contributed by atoms with Gasteiger partial charge in [0.15, 0.2) is 0 Å². The molecule has 19 N–H and O–H groups in total. The van der Waals surface area contributed by atoms with Crippen LogP contribution < -0.4 is 59.3 Å². The minimum Gasteiger partial charge on any atom is -0.508 e. The van der Waals surface area contributed by atoms with Crippen LogP contribution in [-0.4, -0.2) is 210 Å². The number of rotatable bonds is 39. The van der Waals surface area contributed by atoms with Crippen molar-refractivity contribution in [2.45, 2.75) is 164 Å². The Kier molecular flexibility index (Phi) is 31.1. The number of nitrogens with one attached hydrogen (secondary N) is 10. The Morgan fingerprint density at radius 3 is 1.60 bits per heavy atom. The van der Waals surface area contributed by atoms with Crippen molar-refractivity contribution in [3.8, 4) is 5.75 Å². The highest BCUT2D eigenvalue weighted by Gasteiger charge is 2.42. The highest BCUT2D eigenvalue weighted by Crippen LogP contribution is 2.22. The van der Waals surface area contributed by atoms with Gasteiger partial charge in [0.2, 0.25) is 59.1 Å². The SMILES string of the molecule is CC(C)[C@H](NC(=O)[C@H](CS)NC(=O)[C@H](Cc1ccc(O)cc1)NC(=O)[C@H](CCCCN)NC(=O)[C@@H](Cc1c[nH]c2ccccc12)NC(=O)[C@H](Cc1ccccc1)NC(=O)[C@H](CS)NC(=O)[C@H](CC(=O)O)NC(=O)[C@H]1CCCN1C(=O)[C@@H](NC(=O)[C@@H](N)CCC(=O)O)[C@@H](C)O)C(=O)O. The number of thiol groups is 2. The molecule has 1 aliphatic heterocycles. The van der Waals surface area contributed by atoms with Gasteiger partial charge in [-0.15, -0.1) is 0 Å². The first kappa shape index (κ1) is 78.4. The van der Waals surface area contributed by atoms with Gasteiger partial charge in [-0.3, -0.25) is 57.5 Å². The molecule has 1 fully saturated rings. The summed E-state index contributed by atoms with van der Waals surface area (Å²) in [5.74, 6) is -15.2. The number of nitrogens with two attached hydrogens (primary N) is 2. The molecular weight excluding hydrogens is 1300 g/mol. The number of aromatic amines is 1. The van der Waals surface area contributed by atoms with Crippen LogP contribution in [0.15, 0.2) is 85.1 Å². The van der Waals surface area contributed by atoms with E-state index in [2.05, 4.69) is 78.1 Å². The fraction of sp³-hybridized carbons (Fsp3) is 0.484. The lowest BCUT2D eigenvalue weighted by atomic mass is 10.0. The van der Waals surface area contributed by atoms with Crippen LogP contribution in [0.2, 0.25) is 0 Å². The fourth-order valence-corrected chi connectivity index (χ4v) is 11.1. The van der Waals surface area contributed by atoms with Crippen LogP contribution in [0.3, 0.4) is 0 Å². The second-order valence-electron chi connectivity index (χ2n) is 23.8. The quantitative estimate of drug-likeness (QED) is 0.0170. The van der Waals surface area contributed by atoms with Crippen molar-refractivity contribution in [2.24, 2.45) is 17.4 Å². The number of hydrogen-bond donors (Lipinski definition) is 19. The van der Waals surface area contributed by atoms with Crippen molar-refractivity contribution in [2.75, 3.05) is 24.6 Å². The predicted octanol–water partition coefficient (Wildman–Crippen LogP) is -1.97. The van der Waals surface area contributed by atoms with Gasteiger partial charge in [0, 0.05) is 60.8 Å². The molecule has 97 heavy (non-hydrogen) atoms. The zero-order valence-corrected chi connectivity index (χ0v) is 55.5. The topological polar surface area (TPSA) is 502 Å². The summed E-state index contributed by atoms with van der Waals surface area (Å²) >= 11 is 8.52. The molecule has 5 rings (SSSR count). The van der Waals surface area contributed by atoms with Gasteiger partial charge in [-0.1, -0.05) is 74.5 Å². The number of carboxylic acid groups (broad SMARTS) is 3. The van der Waals surface area contributed by atoms with Gasteiger partial charge in [-0.2, -0.15) is 25.3 Å². The molecule has 10 amide bonds. The lowest BCUT2D eigenvalue weighted by molar-refractivity contribution is -0.145. The number of likely N-dealkylation sites (tertiary alicyclic amines) is 1. The third-order valence-corrected chi connectivity index (χ3v) is 16.7. The van der Waals surface area contributed by atoms with Crippen molar-refractivity contribution in [3.63, 3.8) is 0 Å². The minimum absolute atomic E-state index is 0.0104. The molecule has 1 aliphatic rings. The number of benzene rings is 3. The summed E-state index contributed by atoms with van der Waals surface area (Å²) in [5.41, 5.74) is 13.8. The maximum atomic E-state index is 15.0. The molecule has 0 saturated carbocycles. The average molecular weight is 1390 g/mol. The number of phenols is 1. The maximum absolute atomic E-state index is 15.0. The number of aliphatic carboxylic acids is 3. The van der Waals surface area contributed by atoms with Gasteiger partial charge in [0.1, 0.15) is 66.2 Å². The van der Waals surface area contributed by atoms with Crippen molar-refractivity contribution in [3.05, 3.63) is 102 Å². The van der Waals surface area contributed by atoms with E-state index >= 15 is 4.79 Å². The number of hydrogen-bond acceptors (Lipinski definition) is 19. The van der Waals surface area contributed by atoms with Gasteiger partial charge in [0.25, 0.3) is 0 Å². The predicted molar refractivity (Wildman–Crippen MR) is 358 cm³/mol. The Labute approximate surface area is 569 Å².